The lowest BCUT2D eigenvalue weighted by atomic mass is 9.87. The van der Waals surface area contributed by atoms with Crippen LogP contribution >= 0.6 is 0 Å². The van der Waals surface area contributed by atoms with Crippen LogP contribution in [0.15, 0.2) is 59.1 Å². The van der Waals surface area contributed by atoms with Crippen LogP contribution in [0.25, 0.3) is 22.4 Å². The minimum absolute atomic E-state index is 0.146. The summed E-state index contributed by atoms with van der Waals surface area (Å²) in [5.41, 5.74) is 5.69. The van der Waals surface area contributed by atoms with Gasteiger partial charge in [0.15, 0.2) is 0 Å². The van der Waals surface area contributed by atoms with Crippen molar-refractivity contribution in [2.24, 2.45) is 5.41 Å². The molecular formula is C21H23NO. The van der Waals surface area contributed by atoms with Gasteiger partial charge in [-0.25, -0.2) is 0 Å². The first-order valence-corrected chi connectivity index (χ1v) is 8.05. The molecule has 1 aromatic heterocycles. The van der Waals surface area contributed by atoms with Crippen molar-refractivity contribution in [1.82, 2.24) is 5.16 Å². The van der Waals surface area contributed by atoms with Crippen molar-refractivity contribution < 1.29 is 4.52 Å². The molecule has 0 saturated carbocycles. The lowest BCUT2D eigenvalue weighted by molar-refractivity contribution is 0.322. The third kappa shape index (κ3) is 3.53. The highest BCUT2D eigenvalue weighted by Crippen LogP contribution is 2.37. The van der Waals surface area contributed by atoms with Crippen molar-refractivity contribution in [3.8, 4) is 22.4 Å². The zero-order valence-corrected chi connectivity index (χ0v) is 14.3. The molecule has 0 aliphatic heterocycles. The molecule has 3 rings (SSSR count). The summed E-state index contributed by atoms with van der Waals surface area (Å²) in [7, 11) is 0. The molecule has 0 fully saturated rings. The third-order valence-corrected chi connectivity index (χ3v) is 3.84. The topological polar surface area (TPSA) is 26.0 Å². The molecule has 0 saturated heterocycles. The minimum Gasteiger partial charge on any atom is -0.360 e. The van der Waals surface area contributed by atoms with Gasteiger partial charge in [0.2, 0.25) is 0 Å². The van der Waals surface area contributed by atoms with E-state index in [1.165, 1.54) is 5.56 Å². The fourth-order valence-electron chi connectivity index (χ4n) is 2.74. The van der Waals surface area contributed by atoms with E-state index < -0.39 is 0 Å². The van der Waals surface area contributed by atoms with E-state index in [2.05, 4.69) is 69.2 Å². The third-order valence-electron chi connectivity index (χ3n) is 3.84. The molecular weight excluding hydrogens is 282 g/mol. The molecule has 3 aromatic rings. The van der Waals surface area contributed by atoms with Gasteiger partial charge in [-0.1, -0.05) is 86.1 Å². The monoisotopic (exact) mass is 305 g/mol. The van der Waals surface area contributed by atoms with Gasteiger partial charge in [0, 0.05) is 12.0 Å². The van der Waals surface area contributed by atoms with Gasteiger partial charge >= 0.3 is 0 Å². The van der Waals surface area contributed by atoms with Crippen LogP contribution in [0.5, 0.6) is 0 Å². The zero-order valence-electron chi connectivity index (χ0n) is 14.3. The molecule has 0 amide bonds. The van der Waals surface area contributed by atoms with Gasteiger partial charge in [0.25, 0.3) is 0 Å². The summed E-state index contributed by atoms with van der Waals surface area (Å²) in [6.07, 6.45) is 0.857. The fraction of sp³-hybridized carbons (Fsp3) is 0.286. The van der Waals surface area contributed by atoms with Gasteiger partial charge in [0.1, 0.15) is 11.5 Å². The summed E-state index contributed by atoms with van der Waals surface area (Å²) in [4.78, 5) is 0. The molecule has 0 spiro atoms. The minimum atomic E-state index is 0.146. The van der Waals surface area contributed by atoms with Gasteiger partial charge in [-0.2, -0.15) is 0 Å². The Balaban J connectivity index is 2.16. The summed E-state index contributed by atoms with van der Waals surface area (Å²) in [6, 6.07) is 18.8. The summed E-state index contributed by atoms with van der Waals surface area (Å²) in [5, 5.41) is 4.39. The van der Waals surface area contributed by atoms with Crippen molar-refractivity contribution in [2.45, 2.75) is 34.1 Å². The summed E-state index contributed by atoms with van der Waals surface area (Å²) < 4.78 is 5.76. The van der Waals surface area contributed by atoms with Gasteiger partial charge in [-0.3, -0.25) is 0 Å². The van der Waals surface area contributed by atoms with Crippen LogP contribution in [-0.2, 0) is 6.42 Å². The Kier molecular flexibility index (Phi) is 4.08. The maximum atomic E-state index is 5.76. The van der Waals surface area contributed by atoms with Crippen LogP contribution in [0.3, 0.4) is 0 Å². The van der Waals surface area contributed by atoms with Gasteiger partial charge in [0.05, 0.1) is 5.56 Å². The van der Waals surface area contributed by atoms with Gasteiger partial charge in [-0.15, -0.1) is 0 Å². The van der Waals surface area contributed by atoms with E-state index in [9.17, 15) is 0 Å². The Morgan fingerprint density at radius 2 is 1.52 bits per heavy atom. The Morgan fingerprint density at radius 1 is 0.870 bits per heavy atom. The highest BCUT2D eigenvalue weighted by Gasteiger charge is 2.23. The molecule has 0 unspecified atom stereocenters. The lowest BCUT2D eigenvalue weighted by Crippen LogP contribution is -2.09. The lowest BCUT2D eigenvalue weighted by Gasteiger charge is -2.16. The molecule has 0 radical (unpaired) electrons. The first-order chi connectivity index (χ1) is 10.9. The number of aromatic nitrogens is 1. The van der Waals surface area contributed by atoms with Gasteiger partial charge in [-0.05, 0) is 17.9 Å². The van der Waals surface area contributed by atoms with Crippen LogP contribution in [0, 0.1) is 12.3 Å². The number of hydrogen-bond acceptors (Lipinski definition) is 2. The first-order valence-electron chi connectivity index (χ1n) is 8.05. The Labute approximate surface area is 138 Å². The van der Waals surface area contributed by atoms with E-state index in [1.807, 2.05) is 18.2 Å². The molecule has 23 heavy (non-hydrogen) atoms. The highest BCUT2D eigenvalue weighted by molar-refractivity contribution is 5.82. The number of benzene rings is 2. The van der Waals surface area contributed by atoms with E-state index >= 15 is 0 Å². The number of aryl methyl sites for hydroxylation is 1. The average molecular weight is 305 g/mol. The smallest absolute Gasteiger partial charge is 0.145 e. The van der Waals surface area contributed by atoms with Crippen molar-refractivity contribution in [2.75, 3.05) is 0 Å². The van der Waals surface area contributed by atoms with Crippen LogP contribution in [-0.4, -0.2) is 5.16 Å². The molecule has 118 valence electrons. The summed E-state index contributed by atoms with van der Waals surface area (Å²) in [6.45, 7) is 8.76. The average Bonchev–Trinajstić information content (AvgIpc) is 2.90. The van der Waals surface area contributed by atoms with E-state index in [0.717, 1.165) is 34.6 Å². The maximum Gasteiger partial charge on any atom is 0.145 e. The second kappa shape index (κ2) is 6.04. The Morgan fingerprint density at radius 3 is 2.13 bits per heavy atom. The van der Waals surface area contributed by atoms with Crippen molar-refractivity contribution in [1.29, 1.82) is 0 Å². The van der Waals surface area contributed by atoms with Gasteiger partial charge < -0.3 is 4.52 Å². The number of hydrogen-bond donors (Lipinski definition) is 0. The molecule has 2 aromatic carbocycles. The van der Waals surface area contributed by atoms with E-state index in [4.69, 9.17) is 4.52 Å². The normalized spacial score (nSPS) is 11.7. The van der Waals surface area contributed by atoms with E-state index in [0.29, 0.717) is 0 Å². The van der Waals surface area contributed by atoms with Crippen LogP contribution in [0.2, 0.25) is 0 Å². The summed E-state index contributed by atoms with van der Waals surface area (Å²) >= 11 is 0. The van der Waals surface area contributed by atoms with Crippen molar-refractivity contribution in [3.05, 3.63) is 65.9 Å². The van der Waals surface area contributed by atoms with E-state index in [-0.39, 0.29) is 5.41 Å². The summed E-state index contributed by atoms with van der Waals surface area (Å²) in [5.74, 6) is 0.959. The number of rotatable bonds is 3. The maximum absolute atomic E-state index is 5.76. The molecule has 1 heterocycles. The molecule has 0 aliphatic carbocycles. The molecule has 2 nitrogen and oxygen atoms in total. The van der Waals surface area contributed by atoms with Crippen molar-refractivity contribution >= 4 is 0 Å². The molecule has 0 atom stereocenters. The molecule has 0 N–H and O–H groups in total. The van der Waals surface area contributed by atoms with Crippen molar-refractivity contribution in [3.63, 3.8) is 0 Å². The van der Waals surface area contributed by atoms with E-state index in [1.54, 1.807) is 0 Å². The first kappa shape index (κ1) is 15.5. The zero-order chi connectivity index (χ0) is 16.4. The van der Waals surface area contributed by atoms with Crippen LogP contribution < -0.4 is 0 Å². The fourth-order valence-corrected chi connectivity index (χ4v) is 2.74. The Bertz CT molecular complexity index is 777. The highest BCUT2D eigenvalue weighted by atomic mass is 16.5. The standard InChI is InChI=1S/C21H23NO/c1-15-10-12-16(13-11-15)19-18(14-21(2,3)4)23-22-20(19)17-8-6-5-7-9-17/h5-13H,14H2,1-4H3. The Hall–Kier alpha value is -2.35. The largest absolute Gasteiger partial charge is 0.360 e. The quantitative estimate of drug-likeness (QED) is 0.601. The molecule has 2 heteroatoms. The SMILES string of the molecule is Cc1ccc(-c2c(-c3ccccc3)noc2CC(C)(C)C)cc1. The predicted octanol–water partition coefficient (Wildman–Crippen LogP) is 5.91. The number of nitrogens with zero attached hydrogens (tertiary/aromatic N) is 1. The predicted molar refractivity (Wildman–Crippen MR) is 95.3 cm³/mol. The second-order valence-electron chi connectivity index (χ2n) is 7.30. The molecule has 0 aliphatic rings. The van der Waals surface area contributed by atoms with Crippen LogP contribution in [0.1, 0.15) is 32.1 Å². The second-order valence-corrected chi connectivity index (χ2v) is 7.30. The molecule has 0 bridgehead atoms. The van der Waals surface area contributed by atoms with Crippen LogP contribution in [0.4, 0.5) is 0 Å².